The molecule has 19 heavy (non-hydrogen) atoms. The lowest BCUT2D eigenvalue weighted by Crippen LogP contribution is -1.97. The number of non-ortho nitro benzene ring substituents is 1. The highest BCUT2D eigenvalue weighted by Crippen LogP contribution is 2.25. The Kier molecular flexibility index (Phi) is 2.94. The summed E-state index contributed by atoms with van der Waals surface area (Å²) in [4.78, 5) is 14.7. The molecule has 3 aromatic rings. The Labute approximate surface area is 122 Å². The lowest BCUT2D eigenvalue weighted by Gasteiger charge is -2.06. The van der Waals surface area contributed by atoms with Crippen molar-refractivity contribution in [2.75, 3.05) is 0 Å². The van der Waals surface area contributed by atoms with Crippen molar-refractivity contribution in [3.63, 3.8) is 0 Å². The van der Waals surface area contributed by atoms with E-state index in [1.807, 2.05) is 28.8 Å². The molecule has 1 aromatic heterocycles. The maximum absolute atomic E-state index is 10.7. The molecular formula is C13H8IN3O2. The predicted octanol–water partition coefficient (Wildman–Crippen LogP) is 3.54. The fraction of sp³-hybridized carbons (Fsp3) is 0. The van der Waals surface area contributed by atoms with Crippen LogP contribution in [0.3, 0.4) is 0 Å². The summed E-state index contributed by atoms with van der Waals surface area (Å²) in [5.74, 6) is 0. The first-order valence-corrected chi connectivity index (χ1v) is 6.61. The van der Waals surface area contributed by atoms with Gasteiger partial charge in [0.2, 0.25) is 0 Å². The topological polar surface area (TPSA) is 61.0 Å². The molecule has 0 aliphatic heterocycles. The van der Waals surface area contributed by atoms with Gasteiger partial charge in [0, 0.05) is 15.7 Å². The van der Waals surface area contributed by atoms with Crippen molar-refractivity contribution in [1.29, 1.82) is 0 Å². The maximum Gasteiger partial charge on any atom is 0.270 e. The highest BCUT2D eigenvalue weighted by molar-refractivity contribution is 14.1. The Bertz CT molecular complexity index is 782. The molecular weight excluding hydrogens is 357 g/mol. The summed E-state index contributed by atoms with van der Waals surface area (Å²) in [5.41, 5.74) is 2.86. The normalized spacial score (nSPS) is 10.8. The van der Waals surface area contributed by atoms with Crippen LogP contribution in [0.2, 0.25) is 0 Å². The summed E-state index contributed by atoms with van der Waals surface area (Å²) in [6.45, 7) is 0. The van der Waals surface area contributed by atoms with E-state index in [0.717, 1.165) is 20.3 Å². The fourth-order valence-electron chi connectivity index (χ4n) is 1.96. The molecule has 0 saturated carbocycles. The van der Waals surface area contributed by atoms with Crippen molar-refractivity contribution < 1.29 is 4.92 Å². The molecule has 0 aliphatic rings. The van der Waals surface area contributed by atoms with Gasteiger partial charge in [-0.05, 0) is 40.8 Å². The van der Waals surface area contributed by atoms with Crippen molar-refractivity contribution in [2.45, 2.75) is 0 Å². The Hall–Kier alpha value is -1.96. The molecule has 0 unspecified atom stereocenters. The van der Waals surface area contributed by atoms with Gasteiger partial charge >= 0.3 is 0 Å². The van der Waals surface area contributed by atoms with Crippen molar-refractivity contribution >= 4 is 39.3 Å². The second-order valence-electron chi connectivity index (χ2n) is 4.00. The van der Waals surface area contributed by atoms with Crippen LogP contribution >= 0.6 is 22.6 Å². The SMILES string of the molecule is O=[N+]([O-])c1ccc(-n2cnc3ccccc32)c(I)c1. The smallest absolute Gasteiger partial charge is 0.270 e. The first kappa shape index (κ1) is 12.1. The second kappa shape index (κ2) is 4.61. The molecule has 0 N–H and O–H groups in total. The Morgan fingerprint density at radius 3 is 2.74 bits per heavy atom. The average Bonchev–Trinajstić information content (AvgIpc) is 2.82. The number of nitro groups is 1. The van der Waals surface area contributed by atoms with Gasteiger partial charge in [-0.25, -0.2) is 4.98 Å². The van der Waals surface area contributed by atoms with Gasteiger partial charge in [-0.3, -0.25) is 14.7 Å². The molecule has 94 valence electrons. The Morgan fingerprint density at radius 1 is 1.21 bits per heavy atom. The van der Waals surface area contributed by atoms with E-state index in [9.17, 15) is 10.1 Å². The predicted molar refractivity (Wildman–Crippen MR) is 80.4 cm³/mol. The van der Waals surface area contributed by atoms with E-state index in [0.29, 0.717) is 0 Å². The van der Waals surface area contributed by atoms with Crippen LogP contribution in [0.1, 0.15) is 0 Å². The van der Waals surface area contributed by atoms with Crippen LogP contribution in [0.4, 0.5) is 5.69 Å². The third-order valence-corrected chi connectivity index (χ3v) is 3.72. The van der Waals surface area contributed by atoms with Crippen molar-refractivity contribution in [3.8, 4) is 5.69 Å². The zero-order valence-electron chi connectivity index (χ0n) is 9.65. The number of hydrogen-bond donors (Lipinski definition) is 0. The molecule has 0 radical (unpaired) electrons. The zero-order chi connectivity index (χ0) is 13.4. The van der Waals surface area contributed by atoms with Gasteiger partial charge in [0.05, 0.1) is 21.6 Å². The van der Waals surface area contributed by atoms with E-state index in [2.05, 4.69) is 27.6 Å². The molecule has 5 nitrogen and oxygen atoms in total. The van der Waals surface area contributed by atoms with E-state index in [-0.39, 0.29) is 5.69 Å². The van der Waals surface area contributed by atoms with Crippen LogP contribution in [0.15, 0.2) is 48.8 Å². The minimum atomic E-state index is -0.391. The number of halogens is 1. The first-order chi connectivity index (χ1) is 9.16. The monoisotopic (exact) mass is 365 g/mol. The van der Waals surface area contributed by atoms with Crippen LogP contribution in [0.5, 0.6) is 0 Å². The summed E-state index contributed by atoms with van der Waals surface area (Å²) in [6, 6.07) is 12.6. The number of aromatic nitrogens is 2. The van der Waals surface area contributed by atoms with Gasteiger partial charge in [0.1, 0.15) is 6.33 Å². The molecule has 1 heterocycles. The number of nitro benzene ring substituents is 1. The summed E-state index contributed by atoms with van der Waals surface area (Å²) in [6.07, 6.45) is 1.73. The maximum atomic E-state index is 10.7. The van der Waals surface area contributed by atoms with E-state index in [4.69, 9.17) is 0 Å². The number of nitrogens with zero attached hydrogens (tertiary/aromatic N) is 3. The Balaban J connectivity index is 2.19. The third kappa shape index (κ3) is 2.07. The molecule has 0 aliphatic carbocycles. The van der Waals surface area contributed by atoms with Crippen LogP contribution in [0, 0.1) is 13.7 Å². The van der Waals surface area contributed by atoms with Gasteiger partial charge in [0.15, 0.2) is 0 Å². The van der Waals surface area contributed by atoms with Crippen molar-refractivity contribution in [1.82, 2.24) is 9.55 Å². The van der Waals surface area contributed by atoms with Crippen LogP contribution in [-0.2, 0) is 0 Å². The standard InChI is InChI=1S/C13H8IN3O2/c14-10-7-9(17(18)19)5-6-12(10)16-8-15-11-3-1-2-4-13(11)16/h1-8H. The Morgan fingerprint density at radius 2 is 2.00 bits per heavy atom. The third-order valence-electron chi connectivity index (χ3n) is 2.86. The van der Waals surface area contributed by atoms with E-state index in [1.54, 1.807) is 18.5 Å². The highest BCUT2D eigenvalue weighted by Gasteiger charge is 2.12. The van der Waals surface area contributed by atoms with E-state index < -0.39 is 4.92 Å². The van der Waals surface area contributed by atoms with E-state index in [1.165, 1.54) is 6.07 Å². The minimum Gasteiger partial charge on any atom is -0.298 e. The lowest BCUT2D eigenvalue weighted by atomic mass is 10.2. The summed E-state index contributed by atoms with van der Waals surface area (Å²) in [7, 11) is 0. The van der Waals surface area contributed by atoms with Gasteiger partial charge in [0.25, 0.3) is 5.69 Å². The van der Waals surface area contributed by atoms with Crippen molar-refractivity contribution in [3.05, 3.63) is 62.5 Å². The largest absolute Gasteiger partial charge is 0.298 e. The van der Waals surface area contributed by atoms with Gasteiger partial charge in [-0.1, -0.05) is 12.1 Å². The number of imidazole rings is 1. The van der Waals surface area contributed by atoms with Crippen LogP contribution in [-0.4, -0.2) is 14.5 Å². The molecule has 6 heteroatoms. The summed E-state index contributed by atoms with van der Waals surface area (Å²) < 4.78 is 2.75. The van der Waals surface area contributed by atoms with Crippen LogP contribution in [0.25, 0.3) is 16.7 Å². The van der Waals surface area contributed by atoms with Crippen molar-refractivity contribution in [2.24, 2.45) is 0 Å². The van der Waals surface area contributed by atoms with E-state index >= 15 is 0 Å². The van der Waals surface area contributed by atoms with Gasteiger partial charge < -0.3 is 0 Å². The molecule has 0 fully saturated rings. The average molecular weight is 365 g/mol. The molecule has 0 bridgehead atoms. The molecule has 3 rings (SSSR count). The van der Waals surface area contributed by atoms with Gasteiger partial charge in [-0.2, -0.15) is 0 Å². The number of hydrogen-bond acceptors (Lipinski definition) is 3. The molecule has 0 saturated heterocycles. The van der Waals surface area contributed by atoms with Gasteiger partial charge in [-0.15, -0.1) is 0 Å². The minimum absolute atomic E-state index is 0.0950. The molecule has 2 aromatic carbocycles. The number of fused-ring (bicyclic) bond motifs is 1. The zero-order valence-corrected chi connectivity index (χ0v) is 11.8. The summed E-state index contributed by atoms with van der Waals surface area (Å²) in [5, 5.41) is 10.7. The lowest BCUT2D eigenvalue weighted by molar-refractivity contribution is -0.384. The molecule has 0 spiro atoms. The molecule has 0 amide bonds. The van der Waals surface area contributed by atoms with Crippen LogP contribution < -0.4 is 0 Å². The summed E-state index contributed by atoms with van der Waals surface area (Å²) >= 11 is 2.10. The highest BCUT2D eigenvalue weighted by atomic mass is 127. The fourth-order valence-corrected chi connectivity index (χ4v) is 2.71. The number of rotatable bonds is 2. The number of benzene rings is 2. The second-order valence-corrected chi connectivity index (χ2v) is 5.16. The quantitative estimate of drug-likeness (QED) is 0.397. The first-order valence-electron chi connectivity index (χ1n) is 5.53. The number of para-hydroxylation sites is 2. The molecule has 0 atom stereocenters.